The van der Waals surface area contributed by atoms with Crippen LogP contribution in [0.4, 0.5) is 0 Å². The zero-order valence-corrected chi connectivity index (χ0v) is 8.03. The van der Waals surface area contributed by atoms with Gasteiger partial charge in [-0.15, -0.1) is 0 Å². The quantitative estimate of drug-likeness (QED) is 0.759. The van der Waals surface area contributed by atoms with Gasteiger partial charge in [0.25, 0.3) is 0 Å². The Labute approximate surface area is 78.4 Å². The second-order valence-electron chi connectivity index (χ2n) is 3.93. The van der Waals surface area contributed by atoms with Gasteiger partial charge < -0.3 is 5.11 Å². The van der Waals surface area contributed by atoms with Crippen molar-refractivity contribution in [1.82, 2.24) is 9.78 Å². The normalized spacial score (nSPS) is 18.9. The Bertz CT molecular complexity index is 289. The summed E-state index contributed by atoms with van der Waals surface area (Å²) >= 11 is 0. The molecule has 0 aromatic carbocycles. The second-order valence-corrected chi connectivity index (χ2v) is 3.93. The third-order valence-corrected chi connectivity index (χ3v) is 2.72. The zero-order valence-electron chi connectivity index (χ0n) is 8.03. The minimum absolute atomic E-state index is 0.325. The van der Waals surface area contributed by atoms with E-state index >= 15 is 0 Å². The predicted octanol–water partition coefficient (Wildman–Crippen LogP) is 1.36. The van der Waals surface area contributed by atoms with Crippen LogP contribution in [0.25, 0.3) is 0 Å². The standard InChI is InChI=1S/C10H16N2O/c1-2-12-8-9(7-11-12)3-4-10(13)5-6-10/h7-8,13H,2-6H2,1H3. The van der Waals surface area contributed by atoms with Gasteiger partial charge in [-0.3, -0.25) is 4.68 Å². The molecule has 1 fully saturated rings. The molecule has 0 unspecified atom stereocenters. The van der Waals surface area contributed by atoms with E-state index in [9.17, 15) is 5.11 Å². The Kier molecular flexibility index (Phi) is 2.12. The lowest BCUT2D eigenvalue weighted by atomic mass is 10.1. The number of nitrogens with zero attached hydrogens (tertiary/aromatic N) is 2. The maximum absolute atomic E-state index is 9.63. The molecule has 2 rings (SSSR count). The first-order valence-corrected chi connectivity index (χ1v) is 4.95. The van der Waals surface area contributed by atoms with Crippen LogP contribution in [0.2, 0.25) is 0 Å². The number of hydrogen-bond acceptors (Lipinski definition) is 2. The number of aliphatic hydroxyl groups is 1. The van der Waals surface area contributed by atoms with Gasteiger partial charge >= 0.3 is 0 Å². The van der Waals surface area contributed by atoms with Crippen molar-refractivity contribution in [2.75, 3.05) is 0 Å². The molecule has 0 amide bonds. The number of hydrogen-bond donors (Lipinski definition) is 1. The molecule has 0 aliphatic heterocycles. The lowest BCUT2D eigenvalue weighted by Crippen LogP contribution is -2.07. The average molecular weight is 180 g/mol. The molecule has 1 saturated carbocycles. The zero-order chi connectivity index (χ0) is 9.31. The van der Waals surface area contributed by atoms with E-state index in [0.29, 0.717) is 0 Å². The topological polar surface area (TPSA) is 38.0 Å². The highest BCUT2D eigenvalue weighted by molar-refractivity contribution is 5.06. The fraction of sp³-hybridized carbons (Fsp3) is 0.700. The highest BCUT2D eigenvalue weighted by Gasteiger charge is 2.39. The van der Waals surface area contributed by atoms with Crippen LogP contribution in [0, 0.1) is 0 Å². The molecule has 0 saturated heterocycles. The second kappa shape index (κ2) is 3.14. The maximum atomic E-state index is 9.63. The molecule has 0 atom stereocenters. The first-order valence-electron chi connectivity index (χ1n) is 4.95. The highest BCUT2D eigenvalue weighted by Crippen LogP contribution is 2.39. The fourth-order valence-electron chi connectivity index (χ4n) is 1.48. The van der Waals surface area contributed by atoms with Crippen LogP contribution in [-0.4, -0.2) is 20.5 Å². The van der Waals surface area contributed by atoms with Crippen molar-refractivity contribution in [1.29, 1.82) is 0 Å². The smallest absolute Gasteiger partial charge is 0.0653 e. The molecule has 0 radical (unpaired) electrons. The molecule has 3 nitrogen and oxygen atoms in total. The molecule has 0 bridgehead atoms. The molecule has 1 aromatic heterocycles. The third kappa shape index (κ3) is 2.10. The van der Waals surface area contributed by atoms with Gasteiger partial charge in [0.1, 0.15) is 0 Å². The van der Waals surface area contributed by atoms with Crippen molar-refractivity contribution < 1.29 is 5.11 Å². The molecule has 3 heteroatoms. The molecular formula is C10H16N2O. The first kappa shape index (κ1) is 8.75. The van der Waals surface area contributed by atoms with Gasteiger partial charge in [-0.1, -0.05) is 0 Å². The average Bonchev–Trinajstić information content (AvgIpc) is 2.69. The van der Waals surface area contributed by atoms with E-state index < -0.39 is 0 Å². The molecule has 1 aliphatic rings. The molecule has 1 aliphatic carbocycles. The van der Waals surface area contributed by atoms with Crippen molar-refractivity contribution in [3.63, 3.8) is 0 Å². The Morgan fingerprint density at radius 2 is 2.38 bits per heavy atom. The Morgan fingerprint density at radius 1 is 1.62 bits per heavy atom. The lowest BCUT2D eigenvalue weighted by Gasteiger charge is -2.04. The summed E-state index contributed by atoms with van der Waals surface area (Å²) in [5, 5.41) is 13.8. The van der Waals surface area contributed by atoms with Crippen LogP contribution in [0.3, 0.4) is 0 Å². The minimum atomic E-state index is -0.325. The van der Waals surface area contributed by atoms with Gasteiger partial charge in [0.15, 0.2) is 0 Å². The number of aromatic nitrogens is 2. The summed E-state index contributed by atoms with van der Waals surface area (Å²) in [6.07, 6.45) is 7.77. The SMILES string of the molecule is CCn1cc(CCC2(O)CC2)cn1. The van der Waals surface area contributed by atoms with E-state index in [1.165, 1.54) is 5.56 Å². The van der Waals surface area contributed by atoms with Crippen molar-refractivity contribution in [3.8, 4) is 0 Å². The van der Waals surface area contributed by atoms with Gasteiger partial charge in [-0.05, 0) is 38.2 Å². The van der Waals surface area contributed by atoms with Crippen LogP contribution in [0.5, 0.6) is 0 Å². The Hall–Kier alpha value is -0.830. The predicted molar refractivity (Wildman–Crippen MR) is 50.4 cm³/mol. The van der Waals surface area contributed by atoms with Crippen LogP contribution in [-0.2, 0) is 13.0 Å². The van der Waals surface area contributed by atoms with E-state index in [-0.39, 0.29) is 5.60 Å². The van der Waals surface area contributed by atoms with Gasteiger partial charge in [0.05, 0.1) is 11.8 Å². The largest absolute Gasteiger partial charge is 0.390 e. The first-order chi connectivity index (χ1) is 6.22. The van der Waals surface area contributed by atoms with Gasteiger partial charge in [0.2, 0.25) is 0 Å². The van der Waals surface area contributed by atoms with Crippen LogP contribution in [0.1, 0.15) is 31.7 Å². The van der Waals surface area contributed by atoms with E-state index in [1.54, 1.807) is 0 Å². The van der Waals surface area contributed by atoms with Crippen molar-refractivity contribution in [3.05, 3.63) is 18.0 Å². The molecule has 0 spiro atoms. The summed E-state index contributed by atoms with van der Waals surface area (Å²) < 4.78 is 1.92. The van der Waals surface area contributed by atoms with Gasteiger partial charge in [-0.25, -0.2) is 0 Å². The fourth-order valence-corrected chi connectivity index (χ4v) is 1.48. The van der Waals surface area contributed by atoms with E-state index in [1.807, 2.05) is 10.9 Å². The third-order valence-electron chi connectivity index (χ3n) is 2.72. The molecule has 13 heavy (non-hydrogen) atoms. The summed E-state index contributed by atoms with van der Waals surface area (Å²) in [6.45, 7) is 3.00. The summed E-state index contributed by atoms with van der Waals surface area (Å²) in [5.41, 5.74) is 0.913. The lowest BCUT2D eigenvalue weighted by molar-refractivity contribution is 0.140. The van der Waals surface area contributed by atoms with Crippen LogP contribution < -0.4 is 0 Å². The Morgan fingerprint density at radius 3 is 2.92 bits per heavy atom. The number of aryl methyl sites for hydroxylation is 2. The van der Waals surface area contributed by atoms with E-state index in [0.717, 1.165) is 32.2 Å². The van der Waals surface area contributed by atoms with Gasteiger partial charge in [0, 0.05) is 12.7 Å². The van der Waals surface area contributed by atoms with Crippen LogP contribution in [0.15, 0.2) is 12.4 Å². The monoisotopic (exact) mass is 180 g/mol. The summed E-state index contributed by atoms with van der Waals surface area (Å²) in [5.74, 6) is 0. The highest BCUT2D eigenvalue weighted by atomic mass is 16.3. The van der Waals surface area contributed by atoms with Crippen molar-refractivity contribution >= 4 is 0 Å². The summed E-state index contributed by atoms with van der Waals surface area (Å²) in [6, 6.07) is 0. The summed E-state index contributed by atoms with van der Waals surface area (Å²) in [7, 11) is 0. The molecule has 72 valence electrons. The Balaban J connectivity index is 1.87. The minimum Gasteiger partial charge on any atom is -0.390 e. The van der Waals surface area contributed by atoms with E-state index in [2.05, 4.69) is 18.2 Å². The number of rotatable bonds is 4. The van der Waals surface area contributed by atoms with Crippen molar-refractivity contribution in [2.24, 2.45) is 0 Å². The molecule has 1 aromatic rings. The summed E-state index contributed by atoms with van der Waals surface area (Å²) in [4.78, 5) is 0. The molecule has 1 heterocycles. The van der Waals surface area contributed by atoms with Gasteiger partial charge in [-0.2, -0.15) is 5.10 Å². The molecule has 1 N–H and O–H groups in total. The van der Waals surface area contributed by atoms with Crippen LogP contribution >= 0.6 is 0 Å². The van der Waals surface area contributed by atoms with E-state index in [4.69, 9.17) is 0 Å². The maximum Gasteiger partial charge on any atom is 0.0653 e. The molecular weight excluding hydrogens is 164 g/mol. The van der Waals surface area contributed by atoms with Crippen molar-refractivity contribution in [2.45, 2.75) is 44.8 Å².